The van der Waals surface area contributed by atoms with Gasteiger partial charge >= 0.3 is 5.91 Å². The van der Waals surface area contributed by atoms with Crippen molar-refractivity contribution in [1.29, 1.82) is 0 Å². The minimum Gasteiger partial charge on any atom is -0.474 e. The van der Waals surface area contributed by atoms with E-state index in [1.165, 1.54) is 6.34 Å². The lowest BCUT2D eigenvalue weighted by Crippen LogP contribution is -2.32. The van der Waals surface area contributed by atoms with Crippen LogP contribution in [0.5, 0.6) is 0 Å². The maximum atomic E-state index is 10.9. The molecule has 0 N–H and O–H groups in total. The Morgan fingerprint density at radius 3 is 3.27 bits per heavy atom. The molecular weight excluding hydrogens is 146 g/mol. The summed E-state index contributed by atoms with van der Waals surface area (Å²) in [6, 6.07) is 0. The summed E-state index contributed by atoms with van der Waals surface area (Å²) < 4.78 is 5.06. The van der Waals surface area contributed by atoms with Crippen molar-refractivity contribution in [3.8, 4) is 0 Å². The van der Waals surface area contributed by atoms with E-state index in [2.05, 4.69) is 15.0 Å². The summed E-state index contributed by atoms with van der Waals surface area (Å²) in [6.45, 7) is 0.999. The average molecular weight is 151 g/mol. The van der Waals surface area contributed by atoms with Crippen LogP contribution in [-0.2, 0) is 9.53 Å². The lowest BCUT2D eigenvalue weighted by molar-refractivity contribution is -0.111. The van der Waals surface area contributed by atoms with E-state index in [1.807, 2.05) is 0 Å². The molecule has 0 unspecified atom stereocenters. The molecule has 0 radical (unpaired) electrons. The summed E-state index contributed by atoms with van der Waals surface area (Å²) in [5.41, 5.74) is 0.249. The number of hydrogen-bond donors (Lipinski definition) is 0. The minimum absolute atomic E-state index is 0.249. The largest absolute Gasteiger partial charge is 0.474 e. The lowest BCUT2D eigenvalue weighted by atomic mass is 10.3. The van der Waals surface area contributed by atoms with Gasteiger partial charge in [0.15, 0.2) is 5.71 Å². The van der Waals surface area contributed by atoms with Crippen LogP contribution in [0.1, 0.15) is 0 Å². The van der Waals surface area contributed by atoms with Gasteiger partial charge in [-0.3, -0.25) is 9.79 Å². The zero-order valence-corrected chi connectivity index (χ0v) is 5.65. The highest BCUT2D eigenvalue weighted by Gasteiger charge is 2.23. The first-order valence-electron chi connectivity index (χ1n) is 3.20. The molecule has 0 atom stereocenters. The van der Waals surface area contributed by atoms with Gasteiger partial charge < -0.3 is 4.74 Å². The Bertz CT molecular complexity index is 290. The van der Waals surface area contributed by atoms with Crippen molar-refractivity contribution in [2.24, 2.45) is 15.0 Å². The summed E-state index contributed by atoms with van der Waals surface area (Å²) in [7, 11) is 0. The molecular formula is C6H5N3O2. The van der Waals surface area contributed by atoms with Gasteiger partial charge in [-0.15, -0.1) is 0 Å². The Labute approximate surface area is 62.5 Å². The predicted molar refractivity (Wildman–Crippen MR) is 39.2 cm³/mol. The third kappa shape index (κ3) is 0.938. The van der Waals surface area contributed by atoms with Gasteiger partial charge in [-0.1, -0.05) is 0 Å². The maximum absolute atomic E-state index is 10.9. The van der Waals surface area contributed by atoms with Gasteiger partial charge in [0.2, 0.25) is 5.90 Å². The van der Waals surface area contributed by atoms with E-state index in [-0.39, 0.29) is 11.6 Å². The third-order valence-corrected chi connectivity index (χ3v) is 1.36. The summed E-state index contributed by atoms with van der Waals surface area (Å²) in [4.78, 5) is 22.1. The van der Waals surface area contributed by atoms with Crippen molar-refractivity contribution in [3.05, 3.63) is 0 Å². The van der Waals surface area contributed by atoms with Gasteiger partial charge in [0, 0.05) is 0 Å². The highest BCUT2D eigenvalue weighted by atomic mass is 16.5. The second kappa shape index (κ2) is 2.26. The maximum Gasteiger partial charge on any atom is 0.302 e. The quantitative estimate of drug-likeness (QED) is 0.465. The molecule has 0 fully saturated rings. The number of ether oxygens (including phenoxy) is 1. The van der Waals surface area contributed by atoms with Crippen LogP contribution >= 0.6 is 0 Å². The van der Waals surface area contributed by atoms with Crippen LogP contribution in [0.4, 0.5) is 0 Å². The molecule has 56 valence electrons. The molecule has 0 saturated heterocycles. The smallest absolute Gasteiger partial charge is 0.302 e. The summed E-state index contributed by atoms with van der Waals surface area (Å²) in [5, 5.41) is 0. The number of nitrogens with zero attached hydrogens (tertiary/aromatic N) is 3. The Morgan fingerprint density at radius 1 is 1.55 bits per heavy atom. The number of amides is 1. The van der Waals surface area contributed by atoms with Gasteiger partial charge in [-0.25, -0.2) is 0 Å². The predicted octanol–water partition coefficient (Wildman–Crippen LogP) is -0.575. The first-order chi connectivity index (χ1) is 5.38. The minimum atomic E-state index is -0.366. The topological polar surface area (TPSA) is 63.4 Å². The van der Waals surface area contributed by atoms with Crippen LogP contribution in [0.15, 0.2) is 15.0 Å². The van der Waals surface area contributed by atoms with Gasteiger partial charge in [0.25, 0.3) is 0 Å². The van der Waals surface area contributed by atoms with E-state index in [0.29, 0.717) is 19.0 Å². The van der Waals surface area contributed by atoms with Crippen molar-refractivity contribution >= 4 is 23.9 Å². The molecule has 2 aliphatic rings. The fourth-order valence-electron chi connectivity index (χ4n) is 0.888. The van der Waals surface area contributed by atoms with Crippen LogP contribution < -0.4 is 0 Å². The van der Waals surface area contributed by atoms with E-state index in [0.717, 1.165) is 0 Å². The van der Waals surface area contributed by atoms with Crippen LogP contribution in [0, 0.1) is 0 Å². The second-order valence-corrected chi connectivity index (χ2v) is 2.06. The zero-order chi connectivity index (χ0) is 7.68. The Kier molecular flexibility index (Phi) is 1.28. The molecule has 5 heteroatoms. The molecule has 1 amide bonds. The monoisotopic (exact) mass is 151 g/mol. The molecule has 0 bridgehead atoms. The molecule has 0 aromatic heterocycles. The fourth-order valence-corrected chi connectivity index (χ4v) is 0.888. The average Bonchev–Trinajstić information content (AvgIpc) is 2.06. The Hall–Kier alpha value is -1.52. The molecule has 2 rings (SSSR count). The van der Waals surface area contributed by atoms with Crippen molar-refractivity contribution in [3.63, 3.8) is 0 Å². The molecule has 0 aromatic carbocycles. The van der Waals surface area contributed by atoms with Crippen molar-refractivity contribution in [2.45, 2.75) is 0 Å². The van der Waals surface area contributed by atoms with Gasteiger partial charge in [-0.05, 0) is 0 Å². The van der Waals surface area contributed by atoms with E-state index in [9.17, 15) is 4.79 Å². The number of aliphatic imine (C=N–C) groups is 3. The van der Waals surface area contributed by atoms with Crippen molar-refractivity contribution in [1.82, 2.24) is 0 Å². The van der Waals surface area contributed by atoms with E-state index >= 15 is 0 Å². The second-order valence-electron chi connectivity index (χ2n) is 2.06. The normalized spacial score (nSPS) is 21.6. The Balaban J connectivity index is 2.43. The SMILES string of the molecule is O=C1N=CN=C2OCCN=C12. The van der Waals surface area contributed by atoms with Crippen LogP contribution in [0.2, 0.25) is 0 Å². The van der Waals surface area contributed by atoms with Gasteiger partial charge in [-0.2, -0.15) is 9.98 Å². The van der Waals surface area contributed by atoms with Crippen LogP contribution in [0.3, 0.4) is 0 Å². The molecule has 0 aromatic rings. The van der Waals surface area contributed by atoms with Gasteiger partial charge in [0.1, 0.15) is 12.9 Å². The lowest BCUT2D eigenvalue weighted by Gasteiger charge is -2.14. The van der Waals surface area contributed by atoms with Crippen molar-refractivity contribution < 1.29 is 9.53 Å². The molecule has 5 nitrogen and oxygen atoms in total. The molecule has 2 aliphatic heterocycles. The van der Waals surface area contributed by atoms with E-state index < -0.39 is 0 Å². The summed E-state index contributed by atoms with van der Waals surface area (Å²) in [6.07, 6.45) is 1.18. The number of hydrogen-bond acceptors (Lipinski definition) is 4. The van der Waals surface area contributed by atoms with Gasteiger partial charge in [0.05, 0.1) is 6.54 Å². The van der Waals surface area contributed by atoms with Crippen LogP contribution in [0.25, 0.3) is 0 Å². The summed E-state index contributed by atoms with van der Waals surface area (Å²) >= 11 is 0. The summed E-state index contributed by atoms with van der Waals surface area (Å²) in [5.74, 6) is -0.0639. The van der Waals surface area contributed by atoms with E-state index in [4.69, 9.17) is 4.74 Å². The number of carbonyl (C=O) groups excluding carboxylic acids is 1. The number of carbonyl (C=O) groups is 1. The fraction of sp³-hybridized carbons (Fsp3) is 0.333. The zero-order valence-electron chi connectivity index (χ0n) is 5.65. The molecule has 0 aliphatic carbocycles. The Morgan fingerprint density at radius 2 is 2.45 bits per heavy atom. The standard InChI is InChI=1S/C6H5N3O2/c10-5-4-6(9-3-8-5)11-2-1-7-4/h3H,1-2H2. The highest BCUT2D eigenvalue weighted by Crippen LogP contribution is 2.01. The molecule has 0 saturated carbocycles. The number of rotatable bonds is 0. The molecule has 2 heterocycles. The third-order valence-electron chi connectivity index (χ3n) is 1.36. The highest BCUT2D eigenvalue weighted by molar-refractivity contribution is 6.67. The van der Waals surface area contributed by atoms with E-state index in [1.54, 1.807) is 0 Å². The first kappa shape index (κ1) is 6.21. The molecule has 0 spiro atoms. The van der Waals surface area contributed by atoms with Crippen LogP contribution in [-0.4, -0.2) is 37.0 Å². The number of fused-ring (bicyclic) bond motifs is 1. The molecule has 11 heavy (non-hydrogen) atoms. The first-order valence-corrected chi connectivity index (χ1v) is 3.20. The van der Waals surface area contributed by atoms with Crippen molar-refractivity contribution in [2.75, 3.05) is 13.2 Å².